The maximum atomic E-state index is 12.7. The van der Waals surface area contributed by atoms with E-state index in [1.54, 1.807) is 0 Å². The Kier molecular flexibility index (Phi) is 4.05. The van der Waals surface area contributed by atoms with Crippen LogP contribution in [0.3, 0.4) is 0 Å². The average molecular weight is 321 g/mol. The Hall–Kier alpha value is -1.14. The second-order valence-corrected chi connectivity index (χ2v) is 7.47. The average Bonchev–Trinajstić information content (AvgIpc) is 3.12. The van der Waals surface area contributed by atoms with Crippen LogP contribution in [0.1, 0.15) is 51.4 Å². The number of morpholine rings is 1. The van der Waals surface area contributed by atoms with E-state index in [0.717, 1.165) is 51.8 Å². The molecule has 0 bridgehead atoms. The van der Waals surface area contributed by atoms with Crippen molar-refractivity contribution in [3.05, 3.63) is 0 Å². The van der Waals surface area contributed by atoms with Crippen molar-refractivity contribution in [3.63, 3.8) is 0 Å². The van der Waals surface area contributed by atoms with E-state index in [-0.39, 0.29) is 11.9 Å². The third-order valence-corrected chi connectivity index (χ3v) is 6.16. The van der Waals surface area contributed by atoms with Gasteiger partial charge in [0, 0.05) is 25.7 Å². The van der Waals surface area contributed by atoms with Crippen molar-refractivity contribution in [3.8, 4) is 0 Å². The molecule has 128 valence electrons. The van der Waals surface area contributed by atoms with Gasteiger partial charge in [0.1, 0.15) is 5.54 Å². The summed E-state index contributed by atoms with van der Waals surface area (Å²) in [6, 6.07) is 0.282. The van der Waals surface area contributed by atoms with Gasteiger partial charge in [-0.05, 0) is 25.7 Å². The van der Waals surface area contributed by atoms with Crippen LogP contribution >= 0.6 is 0 Å². The Morgan fingerprint density at radius 3 is 2.70 bits per heavy atom. The van der Waals surface area contributed by atoms with Crippen molar-refractivity contribution >= 4 is 11.9 Å². The number of imide groups is 1. The summed E-state index contributed by atoms with van der Waals surface area (Å²) in [7, 11) is 0. The van der Waals surface area contributed by atoms with E-state index in [2.05, 4.69) is 10.2 Å². The van der Waals surface area contributed by atoms with Gasteiger partial charge in [0.05, 0.1) is 12.7 Å². The van der Waals surface area contributed by atoms with E-state index >= 15 is 0 Å². The number of rotatable bonds is 3. The summed E-state index contributed by atoms with van der Waals surface area (Å²) >= 11 is 0. The van der Waals surface area contributed by atoms with Gasteiger partial charge in [-0.15, -0.1) is 0 Å². The predicted molar refractivity (Wildman–Crippen MR) is 85.0 cm³/mol. The van der Waals surface area contributed by atoms with Crippen LogP contribution in [0.25, 0.3) is 0 Å². The molecule has 6 heteroatoms. The number of fused-ring (bicyclic) bond motifs is 1. The fourth-order valence-corrected chi connectivity index (χ4v) is 4.88. The van der Waals surface area contributed by atoms with Crippen molar-refractivity contribution in [1.82, 2.24) is 15.1 Å². The smallest absolute Gasteiger partial charge is 0.325 e. The van der Waals surface area contributed by atoms with Gasteiger partial charge in [0.15, 0.2) is 0 Å². The highest BCUT2D eigenvalue weighted by molar-refractivity contribution is 6.07. The minimum Gasteiger partial charge on any atom is -0.375 e. The van der Waals surface area contributed by atoms with Crippen LogP contribution in [0.2, 0.25) is 0 Å². The van der Waals surface area contributed by atoms with Crippen LogP contribution in [0.5, 0.6) is 0 Å². The van der Waals surface area contributed by atoms with E-state index in [1.807, 2.05) is 0 Å². The minimum absolute atomic E-state index is 0.00783. The van der Waals surface area contributed by atoms with E-state index in [9.17, 15) is 9.59 Å². The number of carbonyl (C=O) groups excluding carboxylic acids is 2. The second kappa shape index (κ2) is 6.06. The zero-order valence-corrected chi connectivity index (χ0v) is 13.8. The number of nitrogens with one attached hydrogen (secondary N) is 1. The number of nitrogens with zero attached hydrogens (tertiary/aromatic N) is 2. The molecular weight excluding hydrogens is 294 g/mol. The molecule has 0 radical (unpaired) electrons. The first-order valence-electron chi connectivity index (χ1n) is 9.19. The summed E-state index contributed by atoms with van der Waals surface area (Å²) in [6.45, 7) is 2.97. The van der Waals surface area contributed by atoms with Gasteiger partial charge in [-0.3, -0.25) is 14.6 Å². The number of hydrogen-bond acceptors (Lipinski definition) is 4. The standard InChI is InChI=1S/C17H27N3O3/c21-15-17(7-3-4-8-17)18-16(22)20(15)10-9-19-11-12-23-14-6-2-1-5-13(14)19/h13-14H,1-12H2,(H,18,22)/t13-,14+/m0/s1. The lowest BCUT2D eigenvalue weighted by molar-refractivity contribution is -0.132. The van der Waals surface area contributed by atoms with E-state index in [1.165, 1.54) is 24.2 Å². The van der Waals surface area contributed by atoms with Gasteiger partial charge in [-0.1, -0.05) is 25.7 Å². The first-order chi connectivity index (χ1) is 11.2. The molecule has 3 amide bonds. The van der Waals surface area contributed by atoms with Gasteiger partial charge >= 0.3 is 6.03 Å². The van der Waals surface area contributed by atoms with E-state index in [0.29, 0.717) is 18.7 Å². The lowest BCUT2D eigenvalue weighted by Crippen LogP contribution is -2.54. The van der Waals surface area contributed by atoms with Crippen molar-refractivity contribution in [2.24, 2.45) is 0 Å². The fraction of sp³-hybridized carbons (Fsp3) is 0.882. The van der Waals surface area contributed by atoms with Crippen LogP contribution in [0, 0.1) is 0 Å². The maximum absolute atomic E-state index is 12.7. The highest BCUT2D eigenvalue weighted by atomic mass is 16.5. The topological polar surface area (TPSA) is 61.9 Å². The van der Waals surface area contributed by atoms with Crippen molar-refractivity contribution in [2.75, 3.05) is 26.2 Å². The monoisotopic (exact) mass is 321 g/mol. The summed E-state index contributed by atoms with van der Waals surface area (Å²) < 4.78 is 5.90. The van der Waals surface area contributed by atoms with Gasteiger partial charge < -0.3 is 10.1 Å². The molecule has 0 aromatic rings. The highest BCUT2D eigenvalue weighted by Gasteiger charge is 2.52. The van der Waals surface area contributed by atoms with Crippen LogP contribution in [0.4, 0.5) is 4.79 Å². The summed E-state index contributed by atoms with van der Waals surface area (Å²) in [5, 5.41) is 2.97. The lowest BCUT2D eigenvalue weighted by atomic mass is 9.90. The molecule has 4 rings (SSSR count). The number of urea groups is 1. The normalized spacial score (nSPS) is 34.0. The molecule has 23 heavy (non-hydrogen) atoms. The molecular formula is C17H27N3O3. The van der Waals surface area contributed by atoms with Gasteiger partial charge in [-0.2, -0.15) is 0 Å². The summed E-state index contributed by atoms with van der Waals surface area (Å²) in [5.74, 6) is 0.00783. The van der Waals surface area contributed by atoms with Crippen LogP contribution in [-0.4, -0.2) is 65.7 Å². The van der Waals surface area contributed by atoms with Gasteiger partial charge in [0.2, 0.25) is 0 Å². The molecule has 2 atom stereocenters. The molecule has 2 saturated carbocycles. The zero-order valence-electron chi connectivity index (χ0n) is 13.8. The molecule has 2 aliphatic heterocycles. The molecule has 4 fully saturated rings. The number of ether oxygens (including phenoxy) is 1. The Morgan fingerprint density at radius 1 is 1.09 bits per heavy atom. The first-order valence-corrected chi connectivity index (χ1v) is 9.19. The molecule has 1 spiro atoms. The number of carbonyl (C=O) groups is 2. The van der Waals surface area contributed by atoms with Crippen molar-refractivity contribution in [1.29, 1.82) is 0 Å². The van der Waals surface area contributed by atoms with E-state index < -0.39 is 5.54 Å². The minimum atomic E-state index is -0.574. The fourth-order valence-electron chi connectivity index (χ4n) is 4.88. The summed E-state index contributed by atoms with van der Waals surface area (Å²) in [4.78, 5) is 28.8. The molecule has 0 aromatic heterocycles. The third kappa shape index (κ3) is 2.66. The van der Waals surface area contributed by atoms with Crippen LogP contribution < -0.4 is 5.32 Å². The lowest BCUT2D eigenvalue weighted by Gasteiger charge is -2.44. The maximum Gasteiger partial charge on any atom is 0.325 e. The summed E-state index contributed by atoms with van der Waals surface area (Å²) in [6.07, 6.45) is 8.86. The largest absolute Gasteiger partial charge is 0.375 e. The Labute approximate surface area is 137 Å². The van der Waals surface area contributed by atoms with Gasteiger partial charge in [0.25, 0.3) is 5.91 Å². The molecule has 2 aliphatic carbocycles. The number of hydrogen-bond donors (Lipinski definition) is 1. The van der Waals surface area contributed by atoms with Gasteiger partial charge in [-0.25, -0.2) is 4.79 Å². The van der Waals surface area contributed by atoms with Crippen molar-refractivity contribution < 1.29 is 14.3 Å². The molecule has 2 saturated heterocycles. The highest BCUT2D eigenvalue weighted by Crippen LogP contribution is 2.35. The predicted octanol–water partition coefficient (Wildman–Crippen LogP) is 1.49. The molecule has 2 heterocycles. The van der Waals surface area contributed by atoms with E-state index in [4.69, 9.17) is 4.74 Å². The Morgan fingerprint density at radius 2 is 1.87 bits per heavy atom. The summed E-state index contributed by atoms with van der Waals surface area (Å²) in [5.41, 5.74) is -0.574. The molecule has 1 N–H and O–H groups in total. The SMILES string of the molecule is O=C1NC2(CCCC2)C(=O)N1CCN1CCO[C@@H]2CCCC[C@@H]21. The third-order valence-electron chi connectivity index (χ3n) is 6.16. The molecule has 6 nitrogen and oxygen atoms in total. The molecule has 0 aromatic carbocycles. The molecule has 0 unspecified atom stereocenters. The Balaban J connectivity index is 1.38. The molecule has 4 aliphatic rings. The van der Waals surface area contributed by atoms with Crippen LogP contribution in [-0.2, 0) is 9.53 Å². The van der Waals surface area contributed by atoms with Crippen LogP contribution in [0.15, 0.2) is 0 Å². The number of amides is 3. The Bertz CT molecular complexity index is 487. The zero-order chi connectivity index (χ0) is 15.9. The first kappa shape index (κ1) is 15.4. The second-order valence-electron chi connectivity index (χ2n) is 7.47. The van der Waals surface area contributed by atoms with Crippen molar-refractivity contribution in [2.45, 2.75) is 69.1 Å². The quantitative estimate of drug-likeness (QED) is 0.800.